The van der Waals surface area contributed by atoms with Crippen molar-refractivity contribution in [3.05, 3.63) is 29.8 Å². The number of carbonyl (C=O) groups excluding carboxylic acids is 9. The normalized spacial score (nSPS) is 20.0. The quantitative estimate of drug-likeness (QED) is 0.0221. The smallest absolute Gasteiger partial charge is 0.326 e. The number of benzene rings is 1. The molecule has 3 aliphatic heterocycles. The Hall–Kier alpha value is -7.21. The molecular weight excluding hydrogens is 979 g/mol. The minimum atomic E-state index is -1.72. The number of nitrogens with two attached hydrogens (primary N) is 2. The number of phenols is 1. The van der Waals surface area contributed by atoms with Crippen LogP contribution >= 0.6 is 0 Å². The summed E-state index contributed by atoms with van der Waals surface area (Å²) < 4.78 is 0. The van der Waals surface area contributed by atoms with Crippen LogP contribution in [0.2, 0.25) is 0 Å². The van der Waals surface area contributed by atoms with Gasteiger partial charge in [0.1, 0.15) is 54.1 Å². The molecule has 3 saturated heterocycles. The van der Waals surface area contributed by atoms with Crippen molar-refractivity contribution in [2.75, 3.05) is 52.5 Å². The van der Waals surface area contributed by atoms with E-state index in [9.17, 15) is 78.6 Å². The molecule has 0 aliphatic carbocycles. The summed E-state index contributed by atoms with van der Waals surface area (Å²) in [6, 6.07) is -6.67. The zero-order valence-electron chi connectivity index (χ0n) is 40.9. The van der Waals surface area contributed by atoms with Crippen LogP contribution in [-0.2, 0) is 54.4 Å². The summed E-state index contributed by atoms with van der Waals surface area (Å²) in [6.45, 7) is -1.81. The highest BCUT2D eigenvalue weighted by Crippen LogP contribution is 2.22. The summed E-state index contributed by atoms with van der Waals surface area (Å²) in [7, 11) is 0. The predicted octanol–water partition coefficient (Wildman–Crippen LogP) is -7.81. The van der Waals surface area contributed by atoms with Crippen LogP contribution in [0.1, 0.15) is 63.9 Å². The van der Waals surface area contributed by atoms with E-state index in [0.717, 1.165) is 16.2 Å². The van der Waals surface area contributed by atoms with E-state index in [2.05, 4.69) is 47.5 Å². The molecule has 0 saturated carbocycles. The molecule has 3 heterocycles. The molecule has 1 aromatic carbocycles. The SMILES string of the molecule is C[C@@H](O)[C@H](NC(=O)[C@@H]1CCCN1C(=O)[C@H](CCCN=C(N)N)NC(=O)[C@H](CO)NC(=O)CNC(=O)[C@H](CO)NC(=O)[C@H](CO)NC(=O)[C@@H]1CCCN1)C(=O)N[C@@H](Cc1ccc(O)cc1)C(=O)N1CCC[C@H]1C(=O)O. The first-order valence-electron chi connectivity index (χ1n) is 24.2. The predicted molar refractivity (Wildman–Crippen MR) is 257 cm³/mol. The molecule has 0 unspecified atom stereocenters. The second kappa shape index (κ2) is 28.9. The van der Waals surface area contributed by atoms with Crippen LogP contribution in [0.5, 0.6) is 5.75 Å². The molecule has 74 heavy (non-hydrogen) atoms. The zero-order chi connectivity index (χ0) is 54.6. The van der Waals surface area contributed by atoms with Gasteiger partial charge in [-0.05, 0) is 82.5 Å². The molecule has 10 atom stereocenters. The number of amides is 9. The van der Waals surface area contributed by atoms with Gasteiger partial charge in [0.2, 0.25) is 53.2 Å². The maximum absolute atomic E-state index is 14.3. The third-order valence-electron chi connectivity index (χ3n) is 12.5. The van der Waals surface area contributed by atoms with Gasteiger partial charge in [0, 0.05) is 26.1 Å². The van der Waals surface area contributed by atoms with Crippen molar-refractivity contribution < 1.29 is 78.6 Å². The van der Waals surface area contributed by atoms with Gasteiger partial charge in [-0.1, -0.05) is 12.1 Å². The first-order chi connectivity index (χ1) is 35.2. The van der Waals surface area contributed by atoms with Crippen LogP contribution in [-0.4, -0.2) is 219 Å². The Morgan fingerprint density at radius 3 is 1.81 bits per heavy atom. The number of likely N-dealkylation sites (tertiary alicyclic amines) is 2. The third kappa shape index (κ3) is 17.2. The summed E-state index contributed by atoms with van der Waals surface area (Å²) in [4.78, 5) is 139. The van der Waals surface area contributed by atoms with E-state index in [0.29, 0.717) is 24.9 Å². The maximum Gasteiger partial charge on any atom is 0.326 e. The summed E-state index contributed by atoms with van der Waals surface area (Å²) in [6.07, 6.45) is 0.347. The maximum atomic E-state index is 14.3. The lowest BCUT2D eigenvalue weighted by Crippen LogP contribution is -2.61. The van der Waals surface area contributed by atoms with Gasteiger partial charge in [0.25, 0.3) is 0 Å². The molecule has 29 heteroatoms. The number of aliphatic imine (C=N–C) groups is 1. The van der Waals surface area contributed by atoms with Crippen LogP contribution in [0.15, 0.2) is 29.3 Å². The number of carbonyl (C=O) groups is 10. The number of hydrogen-bond donors (Lipinski definition) is 16. The van der Waals surface area contributed by atoms with Crippen LogP contribution < -0.4 is 54.0 Å². The standard InChI is InChI=1S/C45H69N13O16/c1-23(62)35(41(70)53-28(18-24-10-12-25(63)13-11-24)43(72)58-17-5-9-33(58)44(73)74)56-40(69)32-8-4-16-57(32)42(71)27(7-3-15-49-45(46)47)52-38(67)30(21-60)51-34(64)19-50-36(65)29(20-59)54-39(68)31(22-61)55-37(66)26-6-2-14-48-26/h10-13,23,26-33,35,48,59-63H,2-9,14-22H2,1H3,(H,50,65)(H,51,64)(H,52,67)(H,53,70)(H,54,68)(H,55,66)(H,56,69)(H,73,74)(H4,46,47,49)/t23-,26+,27+,28+,29+,30+,31+,32+,33+,35+/m1/s1. The zero-order valence-corrected chi connectivity index (χ0v) is 40.9. The fourth-order valence-corrected chi connectivity index (χ4v) is 8.58. The van der Waals surface area contributed by atoms with E-state index in [-0.39, 0.29) is 69.9 Å². The lowest BCUT2D eigenvalue weighted by molar-refractivity contribution is -0.149. The number of carboxylic acid groups (broad SMARTS) is 1. The largest absolute Gasteiger partial charge is 0.508 e. The lowest BCUT2D eigenvalue weighted by atomic mass is 10.0. The van der Waals surface area contributed by atoms with Gasteiger partial charge in [-0.2, -0.15) is 0 Å². The molecule has 0 aromatic heterocycles. The number of phenolic OH excluding ortho intramolecular Hbond substituents is 1. The Morgan fingerprint density at radius 2 is 1.24 bits per heavy atom. The van der Waals surface area contributed by atoms with E-state index in [4.69, 9.17) is 11.5 Å². The molecule has 18 N–H and O–H groups in total. The topological polar surface area (TPSA) is 459 Å². The van der Waals surface area contributed by atoms with Crippen LogP contribution in [0.3, 0.4) is 0 Å². The highest BCUT2D eigenvalue weighted by molar-refractivity contribution is 5.98. The van der Waals surface area contributed by atoms with Gasteiger partial charge in [0.15, 0.2) is 5.96 Å². The van der Waals surface area contributed by atoms with Crippen LogP contribution in [0.4, 0.5) is 0 Å². The molecule has 0 bridgehead atoms. The number of aliphatic hydroxyl groups is 4. The molecule has 3 aliphatic rings. The summed E-state index contributed by atoms with van der Waals surface area (Å²) >= 11 is 0. The summed E-state index contributed by atoms with van der Waals surface area (Å²) in [5, 5.41) is 79.3. The Morgan fingerprint density at radius 1 is 0.689 bits per heavy atom. The fraction of sp³-hybridized carbons (Fsp3) is 0.622. The molecule has 0 radical (unpaired) electrons. The fourth-order valence-electron chi connectivity index (χ4n) is 8.58. The van der Waals surface area contributed by atoms with E-state index in [1.807, 2.05) is 0 Å². The Bertz CT molecular complexity index is 2190. The molecule has 410 valence electrons. The molecule has 3 fully saturated rings. The van der Waals surface area contributed by atoms with E-state index in [1.165, 1.54) is 31.2 Å². The van der Waals surface area contributed by atoms with Crippen molar-refractivity contribution in [2.45, 2.75) is 125 Å². The van der Waals surface area contributed by atoms with Gasteiger partial charge in [-0.25, -0.2) is 4.79 Å². The lowest BCUT2D eigenvalue weighted by Gasteiger charge is -2.32. The first kappa shape index (κ1) is 59.4. The minimum Gasteiger partial charge on any atom is -0.508 e. The average Bonchev–Trinajstić information content (AvgIpc) is 4.19. The number of aromatic hydroxyl groups is 1. The Balaban J connectivity index is 1.41. The van der Waals surface area contributed by atoms with E-state index < -0.39 is 146 Å². The van der Waals surface area contributed by atoms with Gasteiger partial charge in [0.05, 0.1) is 38.5 Å². The molecule has 0 spiro atoms. The van der Waals surface area contributed by atoms with Crippen LogP contribution in [0.25, 0.3) is 0 Å². The van der Waals surface area contributed by atoms with Crippen molar-refractivity contribution in [2.24, 2.45) is 16.5 Å². The molecule has 4 rings (SSSR count). The van der Waals surface area contributed by atoms with Gasteiger partial charge in [-0.3, -0.25) is 48.1 Å². The van der Waals surface area contributed by atoms with Crippen molar-refractivity contribution in [3.8, 4) is 5.75 Å². The number of carboxylic acids is 1. The molecular formula is C45H69N13O16. The molecule has 1 aromatic rings. The Kier molecular flexibility index (Phi) is 23.2. The van der Waals surface area contributed by atoms with Crippen molar-refractivity contribution in [3.63, 3.8) is 0 Å². The number of rotatable bonds is 27. The molecule has 29 nitrogen and oxygen atoms in total. The number of nitrogens with zero attached hydrogens (tertiary/aromatic N) is 3. The van der Waals surface area contributed by atoms with Gasteiger partial charge < -0.3 is 94.4 Å². The van der Waals surface area contributed by atoms with Crippen molar-refractivity contribution in [1.29, 1.82) is 0 Å². The van der Waals surface area contributed by atoms with Crippen molar-refractivity contribution in [1.82, 2.24) is 52.3 Å². The monoisotopic (exact) mass is 1050 g/mol. The number of aliphatic hydroxyl groups excluding tert-OH is 4. The second-order valence-corrected chi connectivity index (χ2v) is 18.0. The Labute approximate surface area is 425 Å². The van der Waals surface area contributed by atoms with Crippen LogP contribution in [0, 0.1) is 0 Å². The van der Waals surface area contributed by atoms with Crippen molar-refractivity contribution >= 4 is 65.1 Å². The highest BCUT2D eigenvalue weighted by atomic mass is 16.4. The number of nitrogens with one attached hydrogen (secondary N) is 8. The minimum absolute atomic E-state index is 0.00949. The average molecular weight is 1050 g/mol. The van der Waals surface area contributed by atoms with E-state index >= 15 is 0 Å². The number of guanidine groups is 1. The summed E-state index contributed by atoms with van der Waals surface area (Å²) in [5.41, 5.74) is 11.4. The molecule has 9 amide bonds. The number of hydrogen-bond acceptors (Lipinski definition) is 17. The third-order valence-corrected chi connectivity index (χ3v) is 12.5. The number of aliphatic carboxylic acids is 1. The summed E-state index contributed by atoms with van der Waals surface area (Å²) in [5.74, 6) is -9.77. The van der Waals surface area contributed by atoms with Gasteiger partial charge in [-0.15, -0.1) is 0 Å². The first-order valence-corrected chi connectivity index (χ1v) is 24.2. The van der Waals surface area contributed by atoms with Gasteiger partial charge >= 0.3 is 5.97 Å². The highest BCUT2D eigenvalue weighted by Gasteiger charge is 2.42. The second-order valence-electron chi connectivity index (χ2n) is 18.0. The van der Waals surface area contributed by atoms with E-state index in [1.54, 1.807) is 0 Å².